The molecule has 3 nitrogen and oxygen atoms in total. The van der Waals surface area contributed by atoms with Gasteiger partial charge in [-0.3, -0.25) is 0 Å². The Hall–Kier alpha value is -0.570. The first-order valence-corrected chi connectivity index (χ1v) is 4.10. The molecule has 1 rings (SSSR count). The first-order valence-electron chi connectivity index (χ1n) is 4.10. The van der Waals surface area contributed by atoms with Crippen molar-refractivity contribution in [1.29, 1.82) is 0 Å². The summed E-state index contributed by atoms with van der Waals surface area (Å²) in [5, 5.41) is 3.97. The molecule has 11 heavy (non-hydrogen) atoms. The van der Waals surface area contributed by atoms with Crippen LogP contribution in [0, 0.1) is 0 Å². The average Bonchev–Trinajstić information content (AvgIpc) is 2.17. The molecule has 0 saturated carbocycles. The minimum Gasteiger partial charge on any atom is -0.399 e. The van der Waals surface area contributed by atoms with E-state index in [1.807, 2.05) is 0 Å². The van der Waals surface area contributed by atoms with Crippen LogP contribution in [-0.4, -0.2) is 37.9 Å². The molecule has 1 aliphatic heterocycles. The number of hydrogen-bond donors (Lipinski definition) is 0. The third-order valence-corrected chi connectivity index (χ3v) is 2.01. The summed E-state index contributed by atoms with van der Waals surface area (Å²) in [4.78, 5) is 7.07. The first kappa shape index (κ1) is 8.53. The Bertz CT molecular complexity index is 145. The molecule has 1 saturated heterocycles. The predicted octanol–water partition coefficient (Wildman–Crippen LogP) is 1.10. The third kappa shape index (κ3) is 2.89. The highest BCUT2D eigenvalue weighted by Gasteiger charge is 2.09. The van der Waals surface area contributed by atoms with Gasteiger partial charge in [0.15, 0.2) is 0 Å². The Balaban J connectivity index is 2.40. The van der Waals surface area contributed by atoms with Crippen molar-refractivity contribution in [2.75, 3.05) is 27.2 Å². The quantitative estimate of drug-likeness (QED) is 0.531. The lowest BCUT2D eigenvalue weighted by molar-refractivity contribution is 0.211. The molecular weight excluding hydrogens is 140 g/mol. The first-order chi connectivity index (χ1) is 5.33. The van der Waals surface area contributed by atoms with Gasteiger partial charge in [-0.1, -0.05) is 5.16 Å². The highest BCUT2D eigenvalue weighted by molar-refractivity contribution is 5.84. The van der Waals surface area contributed by atoms with Gasteiger partial charge in [-0.2, -0.15) is 0 Å². The SMILES string of the molecule is CO/N=C1/CCCN(C)CC1. The van der Waals surface area contributed by atoms with Crippen molar-refractivity contribution in [3.05, 3.63) is 0 Å². The molecule has 0 aromatic carbocycles. The molecule has 0 aliphatic carbocycles. The largest absolute Gasteiger partial charge is 0.399 e. The fraction of sp³-hybridized carbons (Fsp3) is 0.875. The van der Waals surface area contributed by atoms with E-state index in [2.05, 4.69) is 17.1 Å². The van der Waals surface area contributed by atoms with E-state index in [0.717, 1.165) is 19.4 Å². The number of oxime groups is 1. The van der Waals surface area contributed by atoms with Crippen LogP contribution in [-0.2, 0) is 4.84 Å². The van der Waals surface area contributed by atoms with Crippen molar-refractivity contribution < 1.29 is 4.84 Å². The van der Waals surface area contributed by atoms with E-state index in [-0.39, 0.29) is 0 Å². The Morgan fingerprint density at radius 3 is 2.91 bits per heavy atom. The Morgan fingerprint density at radius 1 is 1.36 bits per heavy atom. The number of rotatable bonds is 1. The minimum absolute atomic E-state index is 1.06. The van der Waals surface area contributed by atoms with Crippen LogP contribution in [0.4, 0.5) is 0 Å². The van der Waals surface area contributed by atoms with Crippen LogP contribution < -0.4 is 0 Å². The van der Waals surface area contributed by atoms with Gasteiger partial charge >= 0.3 is 0 Å². The van der Waals surface area contributed by atoms with Crippen molar-refractivity contribution in [3.63, 3.8) is 0 Å². The Morgan fingerprint density at radius 2 is 2.18 bits per heavy atom. The monoisotopic (exact) mass is 156 g/mol. The van der Waals surface area contributed by atoms with E-state index in [4.69, 9.17) is 4.84 Å². The summed E-state index contributed by atoms with van der Waals surface area (Å²) >= 11 is 0. The van der Waals surface area contributed by atoms with Gasteiger partial charge < -0.3 is 9.74 Å². The highest BCUT2D eigenvalue weighted by Crippen LogP contribution is 2.06. The molecule has 3 heteroatoms. The molecule has 0 aromatic rings. The van der Waals surface area contributed by atoms with Crippen molar-refractivity contribution in [2.24, 2.45) is 5.16 Å². The van der Waals surface area contributed by atoms with E-state index in [1.54, 1.807) is 7.11 Å². The summed E-state index contributed by atoms with van der Waals surface area (Å²) in [7, 11) is 3.76. The molecule has 0 N–H and O–H groups in total. The second-order valence-corrected chi connectivity index (χ2v) is 3.00. The van der Waals surface area contributed by atoms with Crippen LogP contribution in [0.1, 0.15) is 19.3 Å². The standard InChI is InChI=1S/C8H16N2O/c1-10-6-3-4-8(5-7-10)9-11-2/h3-7H2,1-2H3/b9-8-. The highest BCUT2D eigenvalue weighted by atomic mass is 16.6. The summed E-state index contributed by atoms with van der Waals surface area (Å²) in [5.41, 5.74) is 1.21. The zero-order valence-electron chi connectivity index (χ0n) is 7.34. The lowest BCUT2D eigenvalue weighted by Gasteiger charge is -2.10. The molecule has 0 bridgehead atoms. The van der Waals surface area contributed by atoms with Gasteiger partial charge in [-0.05, 0) is 26.4 Å². The van der Waals surface area contributed by atoms with Gasteiger partial charge in [-0.15, -0.1) is 0 Å². The fourth-order valence-electron chi connectivity index (χ4n) is 1.33. The summed E-state index contributed by atoms with van der Waals surface area (Å²) in [6.07, 6.45) is 3.36. The molecule has 0 spiro atoms. The van der Waals surface area contributed by atoms with Crippen LogP contribution in [0.2, 0.25) is 0 Å². The molecule has 0 amide bonds. The summed E-state index contributed by atoms with van der Waals surface area (Å²) < 4.78 is 0. The molecule has 0 unspecified atom stereocenters. The second-order valence-electron chi connectivity index (χ2n) is 3.00. The predicted molar refractivity (Wildman–Crippen MR) is 45.8 cm³/mol. The third-order valence-electron chi connectivity index (χ3n) is 2.01. The lowest BCUT2D eigenvalue weighted by Crippen LogP contribution is -2.18. The number of likely N-dealkylation sites (tertiary alicyclic amines) is 1. The van der Waals surface area contributed by atoms with Gasteiger partial charge in [0, 0.05) is 13.0 Å². The molecule has 1 aliphatic rings. The van der Waals surface area contributed by atoms with Crippen LogP contribution in [0.15, 0.2) is 5.16 Å². The van der Waals surface area contributed by atoms with Gasteiger partial charge in [0.05, 0.1) is 5.71 Å². The minimum atomic E-state index is 1.06. The number of hydrogen-bond acceptors (Lipinski definition) is 3. The molecule has 0 aromatic heterocycles. The topological polar surface area (TPSA) is 24.8 Å². The zero-order chi connectivity index (χ0) is 8.10. The normalized spacial score (nSPS) is 25.1. The van der Waals surface area contributed by atoms with Crippen molar-refractivity contribution in [1.82, 2.24) is 4.90 Å². The van der Waals surface area contributed by atoms with Crippen LogP contribution in [0.25, 0.3) is 0 Å². The van der Waals surface area contributed by atoms with Crippen molar-refractivity contribution >= 4 is 5.71 Å². The van der Waals surface area contributed by atoms with Crippen LogP contribution >= 0.6 is 0 Å². The van der Waals surface area contributed by atoms with E-state index in [1.165, 1.54) is 18.7 Å². The zero-order valence-corrected chi connectivity index (χ0v) is 7.34. The smallest absolute Gasteiger partial charge is 0.106 e. The fourth-order valence-corrected chi connectivity index (χ4v) is 1.33. The molecule has 1 heterocycles. The van der Waals surface area contributed by atoms with Crippen molar-refractivity contribution in [2.45, 2.75) is 19.3 Å². The van der Waals surface area contributed by atoms with Crippen LogP contribution in [0.5, 0.6) is 0 Å². The Labute approximate surface area is 68.0 Å². The molecule has 0 radical (unpaired) electrons. The number of nitrogens with zero attached hydrogens (tertiary/aromatic N) is 2. The second kappa shape index (κ2) is 4.34. The summed E-state index contributed by atoms with van der Waals surface area (Å²) in [5.74, 6) is 0. The average molecular weight is 156 g/mol. The molecule has 64 valence electrons. The van der Waals surface area contributed by atoms with Gasteiger partial charge in [0.1, 0.15) is 7.11 Å². The molecule has 0 atom stereocenters. The molecular formula is C8H16N2O. The Kier molecular flexibility index (Phi) is 3.36. The van der Waals surface area contributed by atoms with Gasteiger partial charge in [0.25, 0.3) is 0 Å². The molecule has 1 fully saturated rings. The van der Waals surface area contributed by atoms with E-state index >= 15 is 0 Å². The summed E-state index contributed by atoms with van der Waals surface area (Å²) in [6, 6.07) is 0. The van der Waals surface area contributed by atoms with Gasteiger partial charge in [0.2, 0.25) is 0 Å². The summed E-state index contributed by atoms with van der Waals surface area (Å²) in [6.45, 7) is 2.30. The van der Waals surface area contributed by atoms with E-state index in [0.29, 0.717) is 0 Å². The maximum absolute atomic E-state index is 4.74. The van der Waals surface area contributed by atoms with E-state index in [9.17, 15) is 0 Å². The van der Waals surface area contributed by atoms with Crippen LogP contribution in [0.3, 0.4) is 0 Å². The maximum Gasteiger partial charge on any atom is 0.106 e. The lowest BCUT2D eigenvalue weighted by atomic mass is 10.2. The van der Waals surface area contributed by atoms with Crippen molar-refractivity contribution in [3.8, 4) is 0 Å². The van der Waals surface area contributed by atoms with E-state index < -0.39 is 0 Å². The van der Waals surface area contributed by atoms with Gasteiger partial charge in [-0.25, -0.2) is 0 Å². The maximum atomic E-state index is 4.74.